The maximum absolute atomic E-state index is 13.5. The number of carbonyl (C=O) groups is 2. The number of phenols is 1. The van der Waals surface area contributed by atoms with Gasteiger partial charge in [0.25, 0.3) is 10.0 Å². The number of rotatable bonds is 10. The average Bonchev–Trinajstić information content (AvgIpc) is 3.50. The molecule has 0 radical (unpaired) electrons. The summed E-state index contributed by atoms with van der Waals surface area (Å²) >= 11 is 0. The Bertz CT molecular complexity index is 2130. The molecule has 246 valence electrons. The third-order valence-electron chi connectivity index (χ3n) is 7.08. The number of hydrogen-bond acceptors (Lipinski definition) is 8. The lowest BCUT2D eigenvalue weighted by atomic mass is 10.1. The number of sulfonamides is 1. The molecule has 0 bridgehead atoms. The molecule has 5 aromatic rings. The number of carboxylic acid groups (broad SMARTS) is 1. The van der Waals surface area contributed by atoms with Crippen LogP contribution in [-0.2, 0) is 27.4 Å². The van der Waals surface area contributed by atoms with E-state index in [4.69, 9.17) is 0 Å². The molecule has 0 unspecified atom stereocenters. The summed E-state index contributed by atoms with van der Waals surface area (Å²) in [5.41, 5.74) is 1.31. The molecule has 1 aromatic heterocycles. The maximum atomic E-state index is 13.5. The lowest BCUT2D eigenvalue weighted by Gasteiger charge is -2.11. The van der Waals surface area contributed by atoms with E-state index in [1.54, 1.807) is 48.5 Å². The second kappa shape index (κ2) is 13.5. The lowest BCUT2D eigenvalue weighted by molar-refractivity contribution is -0.141. The molecule has 0 fully saturated rings. The number of aromatic carboxylic acids is 1. The van der Waals surface area contributed by atoms with Crippen LogP contribution >= 0.6 is 0 Å². The third-order valence-corrected chi connectivity index (χ3v) is 8.47. The highest BCUT2D eigenvalue weighted by Crippen LogP contribution is 2.34. The van der Waals surface area contributed by atoms with E-state index in [2.05, 4.69) is 15.3 Å². The molecule has 5 rings (SSSR count). The summed E-state index contributed by atoms with van der Waals surface area (Å²) in [5, 5.41) is 30.7. The molecule has 0 aliphatic rings. The number of aryl methyl sites for hydroxylation is 2. The number of hydrogen-bond donors (Lipinski definition) is 3. The highest BCUT2D eigenvalue weighted by Gasteiger charge is 2.35. The van der Waals surface area contributed by atoms with E-state index in [9.17, 15) is 41.4 Å². The Morgan fingerprint density at radius 2 is 1.60 bits per heavy atom. The predicted molar refractivity (Wildman–Crippen MR) is 168 cm³/mol. The molecule has 0 saturated heterocycles. The van der Waals surface area contributed by atoms with Crippen molar-refractivity contribution in [2.45, 2.75) is 30.8 Å². The standard InChI is InChI=1S/C33H26F3N5O6S/c1-20-6-8-22(9-7-20)28-19-30(33(34,35)36)39-41(28)24-12-14-25(15-13-24)48(46,47)40-31(43)17-10-21-4-2-3-5-27(21)38-37-23-11-16-29(42)26(18-23)32(44)45/h2-9,11-16,18-19,42H,10,17H2,1H3,(H,40,43)(H,44,45). The van der Waals surface area contributed by atoms with Crippen LogP contribution in [0.3, 0.4) is 0 Å². The van der Waals surface area contributed by atoms with Gasteiger partial charge in [0, 0.05) is 12.0 Å². The summed E-state index contributed by atoms with van der Waals surface area (Å²) in [5.74, 6) is -2.59. The quantitative estimate of drug-likeness (QED) is 0.133. The Morgan fingerprint density at radius 3 is 2.27 bits per heavy atom. The highest BCUT2D eigenvalue weighted by molar-refractivity contribution is 7.90. The number of nitrogens with zero attached hydrogens (tertiary/aromatic N) is 4. The minimum atomic E-state index is -4.71. The van der Waals surface area contributed by atoms with Gasteiger partial charge in [0.2, 0.25) is 5.91 Å². The molecule has 0 aliphatic heterocycles. The van der Waals surface area contributed by atoms with Gasteiger partial charge >= 0.3 is 12.1 Å². The number of amides is 1. The predicted octanol–water partition coefficient (Wildman–Crippen LogP) is 7.12. The van der Waals surface area contributed by atoms with Crippen molar-refractivity contribution in [1.82, 2.24) is 14.5 Å². The normalized spacial score (nSPS) is 11.9. The van der Waals surface area contributed by atoms with Crippen molar-refractivity contribution in [3.63, 3.8) is 0 Å². The molecule has 0 atom stereocenters. The van der Waals surface area contributed by atoms with Crippen LogP contribution in [0.4, 0.5) is 24.5 Å². The van der Waals surface area contributed by atoms with E-state index in [0.717, 1.165) is 34.5 Å². The van der Waals surface area contributed by atoms with E-state index < -0.39 is 39.5 Å². The van der Waals surface area contributed by atoms with Crippen LogP contribution in [0.1, 0.15) is 33.6 Å². The fourth-order valence-electron chi connectivity index (χ4n) is 4.61. The van der Waals surface area contributed by atoms with Crippen LogP contribution in [0.2, 0.25) is 0 Å². The lowest BCUT2D eigenvalue weighted by Crippen LogP contribution is -2.30. The van der Waals surface area contributed by atoms with Gasteiger partial charge in [0.05, 0.1) is 27.7 Å². The molecule has 48 heavy (non-hydrogen) atoms. The van der Waals surface area contributed by atoms with Crippen molar-refractivity contribution in [2.75, 3.05) is 0 Å². The van der Waals surface area contributed by atoms with Gasteiger partial charge in [-0.3, -0.25) is 4.79 Å². The van der Waals surface area contributed by atoms with Crippen molar-refractivity contribution in [1.29, 1.82) is 0 Å². The first-order valence-electron chi connectivity index (χ1n) is 14.2. The Hall–Kier alpha value is -5.83. The number of benzene rings is 4. The minimum absolute atomic E-state index is 0.0774. The van der Waals surface area contributed by atoms with Gasteiger partial charge in [-0.1, -0.05) is 48.0 Å². The van der Waals surface area contributed by atoms with E-state index >= 15 is 0 Å². The van der Waals surface area contributed by atoms with Gasteiger partial charge in [-0.25, -0.2) is 22.6 Å². The summed E-state index contributed by atoms with van der Waals surface area (Å²) in [7, 11) is -4.34. The largest absolute Gasteiger partial charge is 0.507 e. The van der Waals surface area contributed by atoms with Crippen LogP contribution < -0.4 is 4.72 Å². The van der Waals surface area contributed by atoms with Gasteiger partial charge in [-0.2, -0.15) is 28.5 Å². The molecule has 1 amide bonds. The van der Waals surface area contributed by atoms with Crippen LogP contribution in [0.25, 0.3) is 16.9 Å². The fraction of sp³-hybridized carbons (Fsp3) is 0.121. The minimum Gasteiger partial charge on any atom is -0.507 e. The van der Waals surface area contributed by atoms with Gasteiger partial charge in [0.1, 0.15) is 11.3 Å². The summed E-state index contributed by atoms with van der Waals surface area (Å²) in [6.07, 6.45) is -4.88. The van der Waals surface area contributed by atoms with E-state index in [1.165, 1.54) is 24.3 Å². The second-order valence-corrected chi connectivity index (χ2v) is 12.2. The smallest absolute Gasteiger partial charge is 0.435 e. The highest BCUT2D eigenvalue weighted by atomic mass is 32.2. The van der Waals surface area contributed by atoms with E-state index in [1.807, 2.05) is 11.6 Å². The Morgan fingerprint density at radius 1 is 0.917 bits per heavy atom. The first-order chi connectivity index (χ1) is 22.7. The fourth-order valence-corrected chi connectivity index (χ4v) is 5.62. The van der Waals surface area contributed by atoms with Crippen molar-refractivity contribution < 1.29 is 41.4 Å². The number of aromatic nitrogens is 2. The topological polar surface area (TPSA) is 163 Å². The molecule has 0 aliphatic carbocycles. The number of aromatic hydroxyl groups is 1. The summed E-state index contributed by atoms with van der Waals surface area (Å²) in [4.78, 5) is 23.7. The van der Waals surface area contributed by atoms with Crippen molar-refractivity contribution in [3.05, 3.63) is 119 Å². The Kier molecular flexibility index (Phi) is 9.43. The molecule has 15 heteroatoms. The molecule has 1 heterocycles. The molecule has 4 aromatic carbocycles. The molecule has 0 spiro atoms. The number of carbonyl (C=O) groups excluding carboxylic acids is 1. The van der Waals surface area contributed by atoms with Gasteiger partial charge in [0.15, 0.2) is 5.69 Å². The zero-order chi connectivity index (χ0) is 34.6. The number of nitrogens with one attached hydrogen (secondary N) is 1. The molecule has 3 N–H and O–H groups in total. The maximum Gasteiger partial charge on any atom is 0.435 e. The van der Waals surface area contributed by atoms with Crippen LogP contribution in [-0.4, -0.2) is 40.3 Å². The number of alkyl halides is 3. The summed E-state index contributed by atoms with van der Waals surface area (Å²) in [6.45, 7) is 1.84. The average molecular weight is 678 g/mol. The van der Waals surface area contributed by atoms with Crippen LogP contribution in [0.5, 0.6) is 5.75 Å². The van der Waals surface area contributed by atoms with Crippen LogP contribution in [0, 0.1) is 6.92 Å². The zero-order valence-electron chi connectivity index (χ0n) is 25.0. The molecular formula is C33H26F3N5O6S. The van der Waals surface area contributed by atoms with Crippen molar-refractivity contribution >= 4 is 33.3 Å². The summed E-state index contributed by atoms with van der Waals surface area (Å²) in [6, 6.07) is 22.9. The van der Waals surface area contributed by atoms with Gasteiger partial charge in [-0.05, 0) is 73.5 Å². The monoisotopic (exact) mass is 677 g/mol. The second-order valence-electron chi connectivity index (χ2n) is 10.5. The van der Waals surface area contributed by atoms with Gasteiger partial charge < -0.3 is 10.2 Å². The third kappa shape index (κ3) is 7.75. The van der Waals surface area contributed by atoms with E-state index in [0.29, 0.717) is 16.8 Å². The summed E-state index contributed by atoms with van der Waals surface area (Å²) < 4.78 is 69.7. The van der Waals surface area contributed by atoms with E-state index in [-0.39, 0.29) is 40.4 Å². The first-order valence-corrected chi connectivity index (χ1v) is 15.7. The first kappa shape index (κ1) is 33.5. The van der Waals surface area contributed by atoms with Gasteiger partial charge in [-0.15, -0.1) is 0 Å². The Labute approximate surface area is 272 Å². The van der Waals surface area contributed by atoms with Crippen molar-refractivity contribution in [3.8, 4) is 22.7 Å². The SMILES string of the molecule is Cc1ccc(-c2cc(C(F)(F)F)nn2-c2ccc(S(=O)(=O)NC(=O)CCc3ccccc3N=Nc3ccc(O)c(C(=O)O)c3)cc2)cc1. The number of carboxylic acids is 1. The zero-order valence-corrected chi connectivity index (χ0v) is 25.8. The van der Waals surface area contributed by atoms with Crippen LogP contribution in [0.15, 0.2) is 112 Å². The molecule has 0 saturated carbocycles. The molecule has 11 nitrogen and oxygen atoms in total. The van der Waals surface area contributed by atoms with Crippen molar-refractivity contribution in [2.24, 2.45) is 10.2 Å². The number of halogens is 3. The molecular weight excluding hydrogens is 651 g/mol. The Balaban J connectivity index is 1.28. The number of azo groups is 1.